The van der Waals surface area contributed by atoms with Crippen LogP contribution in [0, 0.1) is 0 Å². The molecule has 0 saturated carbocycles. The molecule has 3 rings (SSSR count). The van der Waals surface area contributed by atoms with Crippen LogP contribution >= 0.6 is 11.3 Å². The van der Waals surface area contributed by atoms with Gasteiger partial charge in [0.1, 0.15) is 0 Å². The normalized spacial score (nSPS) is 13.0. The van der Waals surface area contributed by atoms with Gasteiger partial charge in [0.25, 0.3) is 5.60 Å². The summed E-state index contributed by atoms with van der Waals surface area (Å²) in [7, 11) is 0. The topological polar surface area (TPSA) is 20.2 Å². The van der Waals surface area contributed by atoms with Gasteiger partial charge in [-0.15, -0.1) is 0 Å². The summed E-state index contributed by atoms with van der Waals surface area (Å²) in [4.78, 5) is 0. The summed E-state index contributed by atoms with van der Waals surface area (Å²) in [6.07, 6.45) is -11.8. The molecule has 8 heteroatoms. The number of halogens is 6. The second-order valence-electron chi connectivity index (χ2n) is 5.84. The molecule has 27 heavy (non-hydrogen) atoms. The highest BCUT2D eigenvalue weighted by Crippen LogP contribution is 2.50. The molecule has 0 radical (unpaired) electrons. The van der Waals surface area contributed by atoms with Gasteiger partial charge in [0.05, 0.1) is 0 Å². The molecule has 142 valence electrons. The third-order valence-electron chi connectivity index (χ3n) is 4.19. The first-order chi connectivity index (χ1) is 12.6. The zero-order valence-electron chi connectivity index (χ0n) is 13.5. The summed E-state index contributed by atoms with van der Waals surface area (Å²) in [5.74, 6) is 0. The van der Waals surface area contributed by atoms with Gasteiger partial charge in [0.2, 0.25) is 0 Å². The Bertz CT molecular complexity index is 897. The maximum absolute atomic E-state index is 13.0. The molecule has 0 atom stereocenters. The first kappa shape index (κ1) is 19.4. The summed E-state index contributed by atoms with van der Waals surface area (Å²) in [6, 6.07) is 12.5. The van der Waals surface area contributed by atoms with Crippen LogP contribution < -0.4 is 0 Å². The summed E-state index contributed by atoms with van der Waals surface area (Å²) < 4.78 is 77.9. The lowest BCUT2D eigenvalue weighted by atomic mass is 9.89. The molecule has 3 aromatic rings. The number of rotatable bonds is 3. The molecule has 0 saturated heterocycles. The van der Waals surface area contributed by atoms with E-state index in [-0.39, 0.29) is 0 Å². The molecule has 1 aromatic heterocycles. The fourth-order valence-electron chi connectivity index (χ4n) is 2.78. The molecular weight excluding hydrogens is 390 g/mol. The quantitative estimate of drug-likeness (QED) is 0.503. The van der Waals surface area contributed by atoms with E-state index in [1.54, 1.807) is 18.2 Å². The number of alkyl halides is 6. The molecular formula is C19H12F6OS. The van der Waals surface area contributed by atoms with Crippen LogP contribution in [0.3, 0.4) is 0 Å². The van der Waals surface area contributed by atoms with E-state index in [0.29, 0.717) is 23.3 Å². The van der Waals surface area contributed by atoms with Crippen molar-refractivity contribution in [3.8, 4) is 22.3 Å². The van der Waals surface area contributed by atoms with Crippen LogP contribution in [0.4, 0.5) is 26.3 Å². The minimum atomic E-state index is -5.90. The predicted octanol–water partition coefficient (Wildman–Crippen LogP) is 6.39. The van der Waals surface area contributed by atoms with Gasteiger partial charge in [-0.2, -0.15) is 37.7 Å². The highest BCUT2D eigenvalue weighted by atomic mass is 32.1. The molecule has 0 aliphatic carbocycles. The van der Waals surface area contributed by atoms with Crippen molar-refractivity contribution in [3.05, 3.63) is 70.9 Å². The maximum atomic E-state index is 13.0. The Morgan fingerprint density at radius 3 is 1.63 bits per heavy atom. The van der Waals surface area contributed by atoms with Gasteiger partial charge >= 0.3 is 12.4 Å². The van der Waals surface area contributed by atoms with E-state index in [9.17, 15) is 31.4 Å². The van der Waals surface area contributed by atoms with E-state index >= 15 is 0 Å². The van der Waals surface area contributed by atoms with Gasteiger partial charge in [-0.05, 0) is 39.1 Å². The molecule has 2 aromatic carbocycles. The van der Waals surface area contributed by atoms with Crippen molar-refractivity contribution in [1.82, 2.24) is 0 Å². The van der Waals surface area contributed by atoms with Crippen molar-refractivity contribution in [3.63, 3.8) is 0 Å². The van der Waals surface area contributed by atoms with E-state index in [1.807, 2.05) is 22.9 Å². The van der Waals surface area contributed by atoms with Crippen molar-refractivity contribution < 1.29 is 31.4 Å². The second-order valence-corrected chi connectivity index (χ2v) is 6.62. The highest BCUT2D eigenvalue weighted by Gasteiger charge is 2.71. The molecule has 1 nitrogen and oxygen atoms in total. The Balaban J connectivity index is 2.07. The standard InChI is InChI=1S/C19H12F6OS/c20-18(21,22)17(26,19(23,24)25)14-7-5-12(6-8-14)15-3-1-2-4-16(15)13-9-10-27-11-13/h1-11,26H. The fraction of sp³-hybridized carbons (Fsp3) is 0.158. The molecule has 1 N–H and O–H groups in total. The van der Waals surface area contributed by atoms with Crippen LogP contribution in [0.2, 0.25) is 0 Å². The molecule has 0 aliphatic rings. The Kier molecular flexibility index (Phi) is 4.81. The zero-order chi connectivity index (χ0) is 19.9. The number of hydrogen-bond donors (Lipinski definition) is 1. The Morgan fingerprint density at radius 2 is 1.19 bits per heavy atom. The third-order valence-corrected chi connectivity index (χ3v) is 4.88. The summed E-state index contributed by atoms with van der Waals surface area (Å²) in [5.41, 5.74) is -3.42. The molecule has 0 spiro atoms. The fourth-order valence-corrected chi connectivity index (χ4v) is 3.44. The monoisotopic (exact) mass is 402 g/mol. The van der Waals surface area contributed by atoms with Gasteiger partial charge < -0.3 is 5.11 Å². The molecule has 0 unspecified atom stereocenters. The first-order valence-corrected chi connectivity index (χ1v) is 8.58. The summed E-state index contributed by atoms with van der Waals surface area (Å²) in [6.45, 7) is 0. The van der Waals surface area contributed by atoms with Crippen LogP contribution in [-0.2, 0) is 5.60 Å². The van der Waals surface area contributed by atoms with Gasteiger partial charge in [0, 0.05) is 5.56 Å². The minimum Gasteiger partial charge on any atom is -0.369 e. The SMILES string of the molecule is OC(c1ccc(-c2ccccc2-c2ccsc2)cc1)(C(F)(F)F)C(F)(F)F. The molecule has 0 amide bonds. The Morgan fingerprint density at radius 1 is 0.667 bits per heavy atom. The lowest BCUT2D eigenvalue weighted by Gasteiger charge is -2.32. The molecule has 0 aliphatic heterocycles. The van der Waals surface area contributed by atoms with Gasteiger partial charge in [-0.1, -0.05) is 48.5 Å². The Hall–Kier alpha value is -2.32. The van der Waals surface area contributed by atoms with Crippen molar-refractivity contribution >= 4 is 11.3 Å². The molecule has 0 fully saturated rings. The van der Waals surface area contributed by atoms with Crippen molar-refractivity contribution in [1.29, 1.82) is 0 Å². The summed E-state index contributed by atoms with van der Waals surface area (Å²) >= 11 is 1.47. The molecule has 1 heterocycles. The van der Waals surface area contributed by atoms with Gasteiger partial charge in [-0.3, -0.25) is 0 Å². The van der Waals surface area contributed by atoms with E-state index in [1.165, 1.54) is 11.3 Å². The predicted molar refractivity (Wildman–Crippen MR) is 91.2 cm³/mol. The second kappa shape index (κ2) is 6.69. The Labute approximate surface area is 154 Å². The van der Waals surface area contributed by atoms with Crippen molar-refractivity contribution in [2.24, 2.45) is 0 Å². The van der Waals surface area contributed by atoms with E-state index in [2.05, 4.69) is 0 Å². The smallest absolute Gasteiger partial charge is 0.369 e. The first-order valence-electron chi connectivity index (χ1n) is 7.64. The number of aliphatic hydroxyl groups is 1. The highest BCUT2D eigenvalue weighted by molar-refractivity contribution is 7.08. The molecule has 0 bridgehead atoms. The van der Waals surface area contributed by atoms with Crippen molar-refractivity contribution in [2.45, 2.75) is 18.0 Å². The van der Waals surface area contributed by atoms with Crippen LogP contribution in [0.25, 0.3) is 22.3 Å². The van der Waals surface area contributed by atoms with E-state index in [4.69, 9.17) is 0 Å². The lowest BCUT2D eigenvalue weighted by Crippen LogP contribution is -2.53. The number of thiophene rings is 1. The van der Waals surface area contributed by atoms with Gasteiger partial charge in [0.15, 0.2) is 0 Å². The summed E-state index contributed by atoms with van der Waals surface area (Å²) in [5, 5.41) is 13.2. The van der Waals surface area contributed by atoms with E-state index in [0.717, 1.165) is 23.3 Å². The number of benzene rings is 2. The average Bonchev–Trinajstić information content (AvgIpc) is 3.14. The largest absolute Gasteiger partial charge is 0.430 e. The zero-order valence-corrected chi connectivity index (χ0v) is 14.3. The number of hydrogen-bond acceptors (Lipinski definition) is 2. The van der Waals surface area contributed by atoms with Crippen LogP contribution in [0.1, 0.15) is 5.56 Å². The minimum absolute atomic E-state index is 0.437. The van der Waals surface area contributed by atoms with Crippen LogP contribution in [0.15, 0.2) is 65.4 Å². The van der Waals surface area contributed by atoms with Crippen molar-refractivity contribution in [2.75, 3.05) is 0 Å². The third kappa shape index (κ3) is 3.35. The van der Waals surface area contributed by atoms with E-state index < -0.39 is 23.5 Å². The average molecular weight is 402 g/mol. The van der Waals surface area contributed by atoms with Gasteiger partial charge in [-0.25, -0.2) is 0 Å². The lowest BCUT2D eigenvalue weighted by molar-refractivity contribution is -0.376. The maximum Gasteiger partial charge on any atom is 0.430 e. The van der Waals surface area contributed by atoms with Crippen LogP contribution in [0.5, 0.6) is 0 Å². The van der Waals surface area contributed by atoms with Crippen LogP contribution in [-0.4, -0.2) is 17.5 Å².